The van der Waals surface area contributed by atoms with Gasteiger partial charge in [0.15, 0.2) is 0 Å². The summed E-state index contributed by atoms with van der Waals surface area (Å²) in [6, 6.07) is 3.89. The normalized spacial score (nSPS) is 11.9. The molecule has 0 saturated heterocycles. The van der Waals surface area contributed by atoms with E-state index in [1.54, 1.807) is 0 Å². The van der Waals surface area contributed by atoms with Crippen LogP contribution in [0.2, 0.25) is 0 Å². The Bertz CT molecular complexity index is 724. The van der Waals surface area contributed by atoms with E-state index >= 15 is 0 Å². The smallest absolute Gasteiger partial charge is 0.416 e. The highest BCUT2D eigenvalue weighted by Crippen LogP contribution is 2.38. The predicted octanol–water partition coefficient (Wildman–Crippen LogP) is 4.80. The van der Waals surface area contributed by atoms with Gasteiger partial charge in [0.1, 0.15) is 12.4 Å². The van der Waals surface area contributed by atoms with Crippen molar-refractivity contribution in [1.82, 2.24) is 4.98 Å². The number of terminal acetylenes is 1. The number of halogens is 6. The molecule has 2 nitrogen and oxygen atoms in total. The van der Waals surface area contributed by atoms with Gasteiger partial charge in [-0.25, -0.2) is 0 Å². The number of ether oxygens (including phenoxy) is 1. The van der Waals surface area contributed by atoms with Gasteiger partial charge in [0.2, 0.25) is 0 Å². The van der Waals surface area contributed by atoms with E-state index in [1.165, 1.54) is 18.3 Å². The minimum Gasteiger partial charge on any atom is -0.479 e. The fourth-order valence-corrected chi connectivity index (χ4v) is 1.86. The molecule has 0 bridgehead atoms. The molecule has 0 unspecified atom stereocenters. The maximum Gasteiger partial charge on any atom is 0.416 e. The molecule has 0 aliphatic carbocycles. The van der Waals surface area contributed by atoms with Crippen LogP contribution >= 0.6 is 0 Å². The van der Waals surface area contributed by atoms with Crippen LogP contribution in [0.3, 0.4) is 0 Å². The molecule has 0 radical (unpaired) electrons. The van der Waals surface area contributed by atoms with Crippen molar-refractivity contribution in [3.8, 4) is 29.4 Å². The molecule has 24 heavy (non-hydrogen) atoms. The van der Waals surface area contributed by atoms with Crippen molar-refractivity contribution < 1.29 is 31.1 Å². The zero-order chi connectivity index (χ0) is 18.0. The van der Waals surface area contributed by atoms with Crippen molar-refractivity contribution in [3.05, 3.63) is 47.7 Å². The SMILES string of the molecule is C#CCOc1ccc(-c2cc(C(F)(F)F)cc(C(F)(F)F)c2)nc1. The third-order valence-electron chi connectivity index (χ3n) is 2.94. The minimum atomic E-state index is -4.91. The Labute approximate surface area is 133 Å². The van der Waals surface area contributed by atoms with E-state index in [9.17, 15) is 26.3 Å². The first-order valence-corrected chi connectivity index (χ1v) is 6.43. The summed E-state index contributed by atoms with van der Waals surface area (Å²) < 4.78 is 82.0. The zero-order valence-corrected chi connectivity index (χ0v) is 11.9. The Balaban J connectivity index is 2.47. The molecular formula is C16H9F6NO. The van der Waals surface area contributed by atoms with Crippen LogP contribution in [0, 0.1) is 12.3 Å². The highest BCUT2D eigenvalue weighted by molar-refractivity contribution is 5.62. The van der Waals surface area contributed by atoms with Gasteiger partial charge < -0.3 is 4.74 Å². The number of benzene rings is 1. The molecule has 8 heteroatoms. The number of rotatable bonds is 3. The number of aromatic nitrogens is 1. The second-order valence-electron chi connectivity index (χ2n) is 4.67. The zero-order valence-electron chi connectivity index (χ0n) is 11.9. The molecule has 0 aliphatic heterocycles. The highest BCUT2D eigenvalue weighted by Gasteiger charge is 2.37. The molecule has 0 saturated carbocycles. The van der Waals surface area contributed by atoms with Crippen molar-refractivity contribution in [2.24, 2.45) is 0 Å². The first-order chi connectivity index (χ1) is 11.1. The Kier molecular flexibility index (Phi) is 4.73. The fraction of sp³-hybridized carbons (Fsp3) is 0.188. The van der Waals surface area contributed by atoms with Crippen LogP contribution < -0.4 is 4.74 Å². The molecule has 1 aromatic heterocycles. The molecule has 1 aromatic carbocycles. The number of pyridine rings is 1. The first kappa shape index (κ1) is 17.7. The van der Waals surface area contributed by atoms with Gasteiger partial charge in [-0.3, -0.25) is 4.98 Å². The molecule has 0 amide bonds. The molecule has 0 atom stereocenters. The number of hydrogen-bond acceptors (Lipinski definition) is 2. The van der Waals surface area contributed by atoms with Crippen LogP contribution in [0.15, 0.2) is 36.5 Å². The van der Waals surface area contributed by atoms with Gasteiger partial charge in [-0.15, -0.1) is 6.42 Å². The monoisotopic (exact) mass is 345 g/mol. The lowest BCUT2D eigenvalue weighted by atomic mass is 10.0. The lowest BCUT2D eigenvalue weighted by Gasteiger charge is -2.14. The van der Waals surface area contributed by atoms with Gasteiger partial charge in [-0.05, 0) is 30.3 Å². The number of nitrogens with zero attached hydrogens (tertiary/aromatic N) is 1. The van der Waals surface area contributed by atoms with Crippen LogP contribution in [0.1, 0.15) is 11.1 Å². The Morgan fingerprint density at radius 1 is 0.958 bits per heavy atom. The molecule has 0 spiro atoms. The molecule has 2 aromatic rings. The second-order valence-corrected chi connectivity index (χ2v) is 4.67. The van der Waals surface area contributed by atoms with Crippen LogP contribution in [-0.4, -0.2) is 11.6 Å². The van der Waals surface area contributed by atoms with E-state index < -0.39 is 23.5 Å². The summed E-state index contributed by atoms with van der Waals surface area (Å²) in [6.07, 6.45) is -3.65. The molecule has 0 fully saturated rings. The van der Waals surface area contributed by atoms with E-state index in [-0.39, 0.29) is 29.7 Å². The fourth-order valence-electron chi connectivity index (χ4n) is 1.86. The lowest BCUT2D eigenvalue weighted by molar-refractivity contribution is -0.143. The Morgan fingerprint density at radius 2 is 1.54 bits per heavy atom. The van der Waals surface area contributed by atoms with E-state index in [0.717, 1.165) is 0 Å². The number of hydrogen-bond donors (Lipinski definition) is 0. The van der Waals surface area contributed by atoms with Crippen molar-refractivity contribution in [2.45, 2.75) is 12.4 Å². The van der Waals surface area contributed by atoms with E-state index in [2.05, 4.69) is 10.9 Å². The van der Waals surface area contributed by atoms with Gasteiger partial charge in [0.25, 0.3) is 0 Å². The van der Waals surface area contributed by atoms with Crippen LogP contribution in [0.4, 0.5) is 26.3 Å². The summed E-state index contributed by atoms with van der Waals surface area (Å²) in [5, 5.41) is 0. The second kappa shape index (κ2) is 6.43. The van der Waals surface area contributed by atoms with E-state index in [4.69, 9.17) is 11.2 Å². The van der Waals surface area contributed by atoms with Crippen molar-refractivity contribution in [1.29, 1.82) is 0 Å². The molecule has 2 rings (SSSR count). The standard InChI is InChI=1S/C16H9F6NO/c1-2-5-24-13-3-4-14(23-9-13)10-6-11(15(17,18)19)8-12(7-10)16(20,21)22/h1,3-4,6-9H,5H2. The first-order valence-electron chi connectivity index (χ1n) is 6.43. The average molecular weight is 345 g/mol. The van der Waals surface area contributed by atoms with Gasteiger partial charge in [0.05, 0.1) is 23.0 Å². The summed E-state index contributed by atoms with van der Waals surface area (Å²) in [7, 11) is 0. The minimum absolute atomic E-state index is 0.0389. The third kappa shape index (κ3) is 4.19. The van der Waals surface area contributed by atoms with E-state index in [0.29, 0.717) is 12.1 Å². The van der Waals surface area contributed by atoms with Gasteiger partial charge >= 0.3 is 12.4 Å². The summed E-state index contributed by atoms with van der Waals surface area (Å²) in [5.41, 5.74) is -3.16. The van der Waals surface area contributed by atoms with Crippen molar-refractivity contribution in [3.63, 3.8) is 0 Å². The quantitative estimate of drug-likeness (QED) is 0.589. The average Bonchev–Trinajstić information content (AvgIpc) is 2.51. The van der Waals surface area contributed by atoms with Gasteiger partial charge in [0, 0.05) is 5.56 Å². The Morgan fingerprint density at radius 3 is 1.96 bits per heavy atom. The maximum atomic E-state index is 12.8. The Hall–Kier alpha value is -2.69. The summed E-state index contributed by atoms with van der Waals surface area (Å²) >= 11 is 0. The van der Waals surface area contributed by atoms with Crippen molar-refractivity contribution in [2.75, 3.05) is 6.61 Å². The van der Waals surface area contributed by atoms with Crippen LogP contribution in [0.5, 0.6) is 5.75 Å². The molecule has 126 valence electrons. The maximum absolute atomic E-state index is 12.8. The van der Waals surface area contributed by atoms with Gasteiger partial charge in [-0.1, -0.05) is 5.92 Å². The predicted molar refractivity (Wildman–Crippen MR) is 74.0 cm³/mol. The molecule has 1 heterocycles. The van der Waals surface area contributed by atoms with Crippen LogP contribution in [-0.2, 0) is 12.4 Å². The number of alkyl halides is 6. The molecule has 0 aliphatic rings. The molecular weight excluding hydrogens is 336 g/mol. The summed E-state index contributed by atoms with van der Waals surface area (Å²) in [6.45, 7) is -0.0389. The highest BCUT2D eigenvalue weighted by atomic mass is 19.4. The summed E-state index contributed by atoms with van der Waals surface area (Å²) in [5.74, 6) is 2.46. The topological polar surface area (TPSA) is 22.1 Å². The molecule has 0 N–H and O–H groups in total. The van der Waals surface area contributed by atoms with Crippen LogP contribution in [0.25, 0.3) is 11.3 Å². The van der Waals surface area contributed by atoms with E-state index in [1.807, 2.05) is 0 Å². The lowest BCUT2D eigenvalue weighted by Crippen LogP contribution is -2.11. The van der Waals surface area contributed by atoms with Crippen molar-refractivity contribution >= 4 is 0 Å². The van der Waals surface area contributed by atoms with Gasteiger partial charge in [-0.2, -0.15) is 26.3 Å². The summed E-state index contributed by atoms with van der Waals surface area (Å²) in [4.78, 5) is 3.82. The third-order valence-corrected chi connectivity index (χ3v) is 2.94. The largest absolute Gasteiger partial charge is 0.479 e.